The van der Waals surface area contributed by atoms with Crippen molar-refractivity contribution >= 4 is 23.1 Å². The summed E-state index contributed by atoms with van der Waals surface area (Å²) in [5.74, 6) is -6.84. The van der Waals surface area contributed by atoms with Crippen LogP contribution in [0.4, 0.5) is 33.6 Å². The van der Waals surface area contributed by atoms with E-state index >= 15 is 0 Å². The maximum Gasteiger partial charge on any atom is 0.417 e. The molecule has 0 unspecified atom stereocenters. The summed E-state index contributed by atoms with van der Waals surface area (Å²) in [6, 6.07) is 3.35. The van der Waals surface area contributed by atoms with Gasteiger partial charge in [-0.3, -0.25) is 4.79 Å². The molecule has 1 saturated heterocycles. The number of anilines is 2. The minimum Gasteiger partial charge on any atom is -0.493 e. The molecular formula is C21H20F5N5O3. The molecule has 0 bridgehead atoms. The molecule has 1 aromatic carbocycles. The van der Waals surface area contributed by atoms with Gasteiger partial charge in [0, 0.05) is 23.6 Å². The Morgan fingerprint density at radius 3 is 2.65 bits per heavy atom. The highest BCUT2D eigenvalue weighted by atomic mass is 19.4. The molecule has 3 aromatic rings. The molecule has 3 heterocycles. The number of halogens is 5. The number of fused-ring (bicyclic) bond motifs is 1. The van der Waals surface area contributed by atoms with E-state index in [1.54, 1.807) is 0 Å². The normalized spacial score (nSPS) is 25.0. The molecule has 4 rings (SSSR count). The van der Waals surface area contributed by atoms with E-state index in [9.17, 15) is 26.7 Å². The van der Waals surface area contributed by atoms with Crippen LogP contribution >= 0.6 is 0 Å². The van der Waals surface area contributed by atoms with Crippen LogP contribution in [0.15, 0.2) is 30.6 Å². The zero-order valence-electron chi connectivity index (χ0n) is 18.2. The molecule has 1 amide bonds. The number of benzene rings is 1. The fourth-order valence-electron chi connectivity index (χ4n) is 4.28. The number of hydrogen-bond donors (Lipinski definition) is 2. The number of ether oxygens (including phenoxy) is 2. The standard InChI is InChI=1S/C21H20F5N5O3/c1-9-14(10-4-5-11(22)15(23)16(10)33-3)17(34-20(9,2)21(24,25)26)18(32)30-12-8-29-31-13(12)6-7-28-19(31)27/h4-9,14,17H,1-3H3,(H2,27,28)(H,30,32)/t9-,14-,17+,20+/m0/s1. The van der Waals surface area contributed by atoms with Crippen LogP contribution in [0.5, 0.6) is 5.75 Å². The fourth-order valence-corrected chi connectivity index (χ4v) is 4.28. The van der Waals surface area contributed by atoms with Gasteiger partial charge in [0.2, 0.25) is 11.8 Å². The smallest absolute Gasteiger partial charge is 0.417 e. The number of aromatic nitrogens is 3. The number of amides is 1. The molecule has 3 N–H and O–H groups in total. The third-order valence-electron chi connectivity index (χ3n) is 6.29. The van der Waals surface area contributed by atoms with Crippen molar-refractivity contribution in [2.45, 2.75) is 37.6 Å². The monoisotopic (exact) mass is 485 g/mol. The molecule has 182 valence electrons. The summed E-state index contributed by atoms with van der Waals surface area (Å²) < 4.78 is 81.8. The van der Waals surface area contributed by atoms with E-state index in [0.29, 0.717) is 5.52 Å². The quantitative estimate of drug-likeness (QED) is 0.547. The van der Waals surface area contributed by atoms with Gasteiger partial charge in [-0.25, -0.2) is 9.37 Å². The number of alkyl halides is 3. The summed E-state index contributed by atoms with van der Waals surface area (Å²) in [5, 5.41) is 6.49. The van der Waals surface area contributed by atoms with Gasteiger partial charge in [0.1, 0.15) is 6.10 Å². The van der Waals surface area contributed by atoms with Crippen LogP contribution in [-0.2, 0) is 9.53 Å². The Kier molecular flexibility index (Phi) is 5.62. The number of methoxy groups -OCH3 is 1. The first-order chi connectivity index (χ1) is 15.9. The number of nitrogen functional groups attached to an aromatic ring is 1. The van der Waals surface area contributed by atoms with E-state index < -0.39 is 53.0 Å². The second-order valence-corrected chi connectivity index (χ2v) is 8.09. The van der Waals surface area contributed by atoms with Crippen molar-refractivity contribution in [3.05, 3.63) is 47.8 Å². The largest absolute Gasteiger partial charge is 0.493 e. The summed E-state index contributed by atoms with van der Waals surface area (Å²) in [4.78, 5) is 17.1. The second-order valence-electron chi connectivity index (χ2n) is 8.09. The first-order valence-corrected chi connectivity index (χ1v) is 10.1. The number of carbonyl (C=O) groups is 1. The minimum atomic E-state index is -4.87. The zero-order valence-corrected chi connectivity index (χ0v) is 18.2. The van der Waals surface area contributed by atoms with Crippen molar-refractivity contribution in [3.63, 3.8) is 0 Å². The topological polar surface area (TPSA) is 104 Å². The summed E-state index contributed by atoms with van der Waals surface area (Å²) in [7, 11) is 1.05. The van der Waals surface area contributed by atoms with Crippen molar-refractivity contribution in [2.75, 3.05) is 18.2 Å². The third kappa shape index (κ3) is 3.50. The highest BCUT2D eigenvalue weighted by Gasteiger charge is 2.66. The Morgan fingerprint density at radius 1 is 1.29 bits per heavy atom. The molecule has 13 heteroatoms. The molecular weight excluding hydrogens is 465 g/mol. The van der Waals surface area contributed by atoms with Crippen LogP contribution in [0, 0.1) is 17.6 Å². The first kappa shape index (κ1) is 23.7. The van der Waals surface area contributed by atoms with E-state index in [0.717, 1.165) is 26.2 Å². The Balaban J connectivity index is 1.79. The summed E-state index contributed by atoms with van der Waals surface area (Å²) in [6.07, 6.45) is -3.98. The van der Waals surface area contributed by atoms with Crippen molar-refractivity contribution in [2.24, 2.45) is 5.92 Å². The molecule has 0 saturated carbocycles. The number of rotatable bonds is 4. The minimum absolute atomic E-state index is 0.0257. The number of hydrogen-bond acceptors (Lipinski definition) is 6. The average molecular weight is 485 g/mol. The zero-order chi connectivity index (χ0) is 25.0. The molecule has 4 atom stereocenters. The van der Waals surface area contributed by atoms with E-state index in [4.69, 9.17) is 15.2 Å². The van der Waals surface area contributed by atoms with Gasteiger partial charge in [-0.1, -0.05) is 13.0 Å². The third-order valence-corrected chi connectivity index (χ3v) is 6.29. The lowest BCUT2D eigenvalue weighted by Crippen LogP contribution is -2.47. The van der Waals surface area contributed by atoms with Crippen LogP contribution in [0.25, 0.3) is 5.52 Å². The molecule has 1 aliphatic rings. The predicted octanol–water partition coefficient (Wildman–Crippen LogP) is 3.68. The van der Waals surface area contributed by atoms with Crippen LogP contribution < -0.4 is 15.8 Å². The highest BCUT2D eigenvalue weighted by Crippen LogP contribution is 2.55. The van der Waals surface area contributed by atoms with Crippen molar-refractivity contribution in [1.82, 2.24) is 14.6 Å². The van der Waals surface area contributed by atoms with Gasteiger partial charge >= 0.3 is 6.18 Å². The summed E-state index contributed by atoms with van der Waals surface area (Å²) in [6.45, 7) is 2.04. The van der Waals surface area contributed by atoms with Gasteiger partial charge in [0.15, 0.2) is 17.2 Å². The maximum atomic E-state index is 14.4. The van der Waals surface area contributed by atoms with Gasteiger partial charge in [-0.15, -0.1) is 0 Å². The van der Waals surface area contributed by atoms with Gasteiger partial charge in [-0.05, 0) is 19.1 Å². The summed E-state index contributed by atoms with van der Waals surface area (Å²) >= 11 is 0. The van der Waals surface area contributed by atoms with Crippen LogP contribution in [-0.4, -0.2) is 45.5 Å². The number of nitrogens with zero attached hydrogens (tertiary/aromatic N) is 3. The van der Waals surface area contributed by atoms with Gasteiger partial charge in [-0.2, -0.15) is 27.2 Å². The van der Waals surface area contributed by atoms with Gasteiger partial charge in [0.25, 0.3) is 5.91 Å². The number of nitrogens with two attached hydrogens (primary N) is 1. The van der Waals surface area contributed by atoms with Gasteiger partial charge < -0.3 is 20.5 Å². The Labute approximate surface area is 189 Å². The molecule has 1 fully saturated rings. The van der Waals surface area contributed by atoms with Crippen molar-refractivity contribution in [3.8, 4) is 5.75 Å². The summed E-state index contributed by atoms with van der Waals surface area (Å²) in [5.41, 5.74) is 3.32. The highest BCUT2D eigenvalue weighted by molar-refractivity contribution is 5.98. The Morgan fingerprint density at radius 2 is 2.00 bits per heavy atom. The molecule has 0 spiro atoms. The second kappa shape index (κ2) is 8.08. The molecule has 34 heavy (non-hydrogen) atoms. The van der Waals surface area contributed by atoms with E-state index in [-0.39, 0.29) is 17.2 Å². The van der Waals surface area contributed by atoms with E-state index in [2.05, 4.69) is 15.4 Å². The molecule has 0 aliphatic carbocycles. The number of nitrogens with one attached hydrogen (secondary N) is 1. The maximum absolute atomic E-state index is 14.4. The SMILES string of the molecule is COc1c([C@H]2[C@H](C(=O)Nc3cnn4c(N)nccc34)O[C@@](C)(C(F)(F)F)[C@H]2C)ccc(F)c1F. The predicted molar refractivity (Wildman–Crippen MR) is 110 cm³/mol. The van der Waals surface area contributed by atoms with Crippen molar-refractivity contribution < 1.29 is 36.2 Å². The Hall–Kier alpha value is -3.48. The molecule has 0 radical (unpaired) electrons. The molecule has 8 nitrogen and oxygen atoms in total. The molecule has 2 aromatic heterocycles. The van der Waals surface area contributed by atoms with Crippen LogP contribution in [0.3, 0.4) is 0 Å². The van der Waals surface area contributed by atoms with E-state index in [1.165, 1.54) is 29.9 Å². The van der Waals surface area contributed by atoms with Gasteiger partial charge in [0.05, 0.1) is 24.5 Å². The average Bonchev–Trinajstić information content (AvgIpc) is 3.30. The van der Waals surface area contributed by atoms with E-state index in [1.807, 2.05) is 0 Å². The Bertz CT molecular complexity index is 1260. The van der Waals surface area contributed by atoms with Crippen molar-refractivity contribution in [1.29, 1.82) is 0 Å². The lowest BCUT2D eigenvalue weighted by atomic mass is 9.77. The number of carbonyl (C=O) groups excluding carboxylic acids is 1. The van der Waals surface area contributed by atoms with Crippen LogP contribution in [0.1, 0.15) is 25.3 Å². The van der Waals surface area contributed by atoms with Crippen LogP contribution in [0.2, 0.25) is 0 Å². The lowest BCUT2D eigenvalue weighted by Gasteiger charge is -2.32. The first-order valence-electron chi connectivity index (χ1n) is 10.1. The lowest BCUT2D eigenvalue weighted by molar-refractivity contribution is -0.272. The molecule has 1 aliphatic heterocycles. The fraction of sp³-hybridized carbons (Fsp3) is 0.381.